The second kappa shape index (κ2) is 5.92. The van der Waals surface area contributed by atoms with Crippen LogP contribution in [0.4, 0.5) is 0 Å². The largest absolute Gasteiger partial charge is 0.395 e. The van der Waals surface area contributed by atoms with Gasteiger partial charge in [-0.25, -0.2) is 4.79 Å². The minimum Gasteiger partial charge on any atom is -0.395 e. The molecule has 1 rings (SSSR count). The zero-order valence-corrected chi connectivity index (χ0v) is 11.2. The molecule has 94 valence electrons. The molecular formula is C10H14BrN3O3. The molecule has 1 amide bonds. The number of carbonyl (C=O) groups excluding carboxylic acids is 1. The predicted molar refractivity (Wildman–Crippen MR) is 65.8 cm³/mol. The van der Waals surface area contributed by atoms with Crippen LogP contribution in [0.2, 0.25) is 0 Å². The first-order chi connectivity index (χ1) is 7.97. The Kier molecular flexibility index (Phi) is 4.83. The lowest BCUT2D eigenvalue weighted by molar-refractivity contribution is -0.121. The number of nitrogens with one attached hydrogen (secondary N) is 1. The maximum absolute atomic E-state index is 11.6. The Morgan fingerprint density at radius 2 is 2.18 bits per heavy atom. The molecule has 0 saturated heterocycles. The van der Waals surface area contributed by atoms with E-state index in [0.717, 1.165) is 0 Å². The topological polar surface area (TPSA) is 84.2 Å². The molecule has 0 aliphatic carbocycles. The summed E-state index contributed by atoms with van der Waals surface area (Å²) < 4.78 is 2.00. The fraction of sp³-hybridized carbons (Fsp3) is 0.500. The van der Waals surface area contributed by atoms with E-state index in [1.54, 1.807) is 13.8 Å². The Morgan fingerprint density at radius 1 is 1.53 bits per heavy atom. The molecule has 6 nitrogen and oxygen atoms in total. The van der Waals surface area contributed by atoms with Gasteiger partial charge in [0, 0.05) is 12.2 Å². The van der Waals surface area contributed by atoms with Crippen LogP contribution in [0.15, 0.2) is 9.27 Å². The maximum Gasteiger partial charge on any atom is 0.348 e. The van der Waals surface area contributed by atoms with E-state index in [0.29, 0.717) is 15.9 Å². The van der Waals surface area contributed by atoms with Crippen LogP contribution in [0.3, 0.4) is 0 Å². The summed E-state index contributed by atoms with van der Waals surface area (Å²) in [4.78, 5) is 26.9. The number of hydrogen-bond acceptors (Lipinski definition) is 4. The number of hydrogen-bond donors (Lipinski definition) is 2. The van der Waals surface area contributed by atoms with Crippen LogP contribution in [0, 0.1) is 13.8 Å². The van der Waals surface area contributed by atoms with E-state index in [1.807, 2.05) is 0 Å². The molecule has 0 atom stereocenters. The van der Waals surface area contributed by atoms with Crippen molar-refractivity contribution in [3.63, 3.8) is 0 Å². The van der Waals surface area contributed by atoms with Crippen LogP contribution < -0.4 is 11.0 Å². The highest BCUT2D eigenvalue weighted by Crippen LogP contribution is 2.16. The van der Waals surface area contributed by atoms with Crippen molar-refractivity contribution in [2.75, 3.05) is 13.2 Å². The van der Waals surface area contributed by atoms with Gasteiger partial charge in [-0.1, -0.05) is 0 Å². The molecule has 1 aromatic rings. The van der Waals surface area contributed by atoms with Gasteiger partial charge >= 0.3 is 5.69 Å². The third-order valence-corrected chi connectivity index (χ3v) is 3.42. The molecule has 0 spiro atoms. The molecule has 7 heteroatoms. The number of amides is 1. The molecule has 0 aliphatic heterocycles. The van der Waals surface area contributed by atoms with Gasteiger partial charge < -0.3 is 10.4 Å². The number of aromatic nitrogens is 2. The zero-order chi connectivity index (χ0) is 13.0. The fourth-order valence-corrected chi connectivity index (χ4v) is 1.66. The summed E-state index contributed by atoms with van der Waals surface area (Å²) in [7, 11) is 0. The van der Waals surface area contributed by atoms with Crippen LogP contribution in [-0.2, 0) is 11.3 Å². The number of rotatable bonds is 4. The molecule has 17 heavy (non-hydrogen) atoms. The molecule has 0 aromatic carbocycles. The Labute approximate surface area is 107 Å². The van der Waals surface area contributed by atoms with Crippen molar-refractivity contribution in [1.82, 2.24) is 14.9 Å². The van der Waals surface area contributed by atoms with Crippen molar-refractivity contribution < 1.29 is 9.90 Å². The summed E-state index contributed by atoms with van der Waals surface area (Å²) in [6, 6.07) is 0. The quantitative estimate of drug-likeness (QED) is 0.802. The lowest BCUT2D eigenvalue weighted by atomic mass is 10.3. The third-order valence-electron chi connectivity index (χ3n) is 2.27. The number of nitrogens with zero attached hydrogens (tertiary/aromatic N) is 2. The molecule has 0 bridgehead atoms. The summed E-state index contributed by atoms with van der Waals surface area (Å²) in [5.74, 6) is -0.332. The van der Waals surface area contributed by atoms with Gasteiger partial charge in [-0.05, 0) is 29.8 Å². The van der Waals surface area contributed by atoms with Gasteiger partial charge in [0.25, 0.3) is 0 Å². The SMILES string of the molecule is Cc1nc(=O)n(CC(=O)NCCO)c(C)c1Br. The van der Waals surface area contributed by atoms with Gasteiger partial charge in [0.1, 0.15) is 6.54 Å². The minimum atomic E-state index is -0.456. The fourth-order valence-electron chi connectivity index (χ4n) is 1.36. The molecule has 0 radical (unpaired) electrons. The van der Waals surface area contributed by atoms with Gasteiger partial charge in [0.05, 0.1) is 16.8 Å². The normalized spacial score (nSPS) is 10.4. The number of halogens is 1. The summed E-state index contributed by atoms with van der Waals surface area (Å²) in [5, 5.41) is 11.0. The highest BCUT2D eigenvalue weighted by molar-refractivity contribution is 9.10. The average molecular weight is 304 g/mol. The Balaban J connectivity index is 2.96. The van der Waals surface area contributed by atoms with Gasteiger partial charge in [-0.3, -0.25) is 9.36 Å². The lowest BCUT2D eigenvalue weighted by Gasteiger charge is -2.11. The van der Waals surface area contributed by atoms with E-state index < -0.39 is 5.69 Å². The highest BCUT2D eigenvalue weighted by Gasteiger charge is 2.11. The van der Waals surface area contributed by atoms with Crippen LogP contribution >= 0.6 is 15.9 Å². The first-order valence-corrected chi connectivity index (χ1v) is 5.87. The first-order valence-electron chi connectivity index (χ1n) is 5.08. The molecule has 0 fully saturated rings. The molecule has 1 aromatic heterocycles. The van der Waals surface area contributed by atoms with Gasteiger partial charge in [0.2, 0.25) is 5.91 Å². The highest BCUT2D eigenvalue weighted by atomic mass is 79.9. The third kappa shape index (κ3) is 3.37. The number of carbonyl (C=O) groups is 1. The van der Waals surface area contributed by atoms with Crippen molar-refractivity contribution in [2.24, 2.45) is 0 Å². The summed E-state index contributed by atoms with van der Waals surface area (Å²) in [6.45, 7) is 3.40. The van der Waals surface area contributed by atoms with E-state index in [-0.39, 0.29) is 25.6 Å². The van der Waals surface area contributed by atoms with Crippen molar-refractivity contribution in [3.8, 4) is 0 Å². The Morgan fingerprint density at radius 3 is 2.76 bits per heavy atom. The van der Waals surface area contributed by atoms with Gasteiger partial charge in [-0.2, -0.15) is 4.98 Å². The zero-order valence-electron chi connectivity index (χ0n) is 9.66. The van der Waals surface area contributed by atoms with E-state index in [4.69, 9.17) is 5.11 Å². The van der Waals surface area contributed by atoms with Crippen molar-refractivity contribution in [2.45, 2.75) is 20.4 Å². The monoisotopic (exact) mass is 303 g/mol. The number of aliphatic hydroxyl groups is 1. The van der Waals surface area contributed by atoms with Crippen molar-refractivity contribution in [1.29, 1.82) is 0 Å². The Hall–Kier alpha value is -1.21. The van der Waals surface area contributed by atoms with E-state index in [1.165, 1.54) is 4.57 Å². The van der Waals surface area contributed by atoms with Gasteiger partial charge in [0.15, 0.2) is 0 Å². The second-order valence-corrected chi connectivity index (χ2v) is 4.33. The van der Waals surface area contributed by atoms with Crippen LogP contribution in [0.5, 0.6) is 0 Å². The van der Waals surface area contributed by atoms with Crippen LogP contribution in [-0.4, -0.2) is 33.7 Å². The molecular weight excluding hydrogens is 290 g/mol. The molecule has 2 N–H and O–H groups in total. The number of aryl methyl sites for hydroxylation is 1. The number of aliphatic hydroxyl groups excluding tert-OH is 1. The molecule has 0 saturated carbocycles. The summed E-state index contributed by atoms with van der Waals surface area (Å²) in [5.41, 5.74) is 0.795. The predicted octanol–water partition coefficient (Wildman–Crippen LogP) is -0.269. The second-order valence-electron chi connectivity index (χ2n) is 3.54. The van der Waals surface area contributed by atoms with Crippen molar-refractivity contribution >= 4 is 21.8 Å². The summed E-state index contributed by atoms with van der Waals surface area (Å²) in [6.07, 6.45) is 0. The molecule has 0 aliphatic rings. The van der Waals surface area contributed by atoms with Crippen LogP contribution in [0.25, 0.3) is 0 Å². The van der Waals surface area contributed by atoms with E-state index >= 15 is 0 Å². The van der Waals surface area contributed by atoms with E-state index in [2.05, 4.69) is 26.2 Å². The minimum absolute atomic E-state index is 0.101. The lowest BCUT2D eigenvalue weighted by Crippen LogP contribution is -2.36. The maximum atomic E-state index is 11.6. The first kappa shape index (κ1) is 13.9. The molecule has 1 heterocycles. The van der Waals surface area contributed by atoms with Gasteiger partial charge in [-0.15, -0.1) is 0 Å². The standard InChI is InChI=1S/C10H14BrN3O3/c1-6-9(11)7(2)14(10(17)13-6)5-8(16)12-3-4-15/h15H,3-5H2,1-2H3,(H,12,16). The van der Waals surface area contributed by atoms with Crippen LogP contribution in [0.1, 0.15) is 11.4 Å². The summed E-state index contributed by atoms with van der Waals surface area (Å²) >= 11 is 3.31. The smallest absolute Gasteiger partial charge is 0.348 e. The van der Waals surface area contributed by atoms with E-state index in [9.17, 15) is 9.59 Å². The van der Waals surface area contributed by atoms with Crippen molar-refractivity contribution in [3.05, 3.63) is 26.3 Å². The Bertz CT molecular complexity index is 484. The average Bonchev–Trinajstić information content (AvgIpc) is 2.29. The molecule has 0 unspecified atom stereocenters.